The Hall–Kier alpha value is -1.35. The van der Waals surface area contributed by atoms with Crippen LogP contribution in [0.3, 0.4) is 0 Å². The summed E-state index contributed by atoms with van der Waals surface area (Å²) in [7, 11) is 3.35. The van der Waals surface area contributed by atoms with E-state index in [1.165, 1.54) is 18.2 Å². The van der Waals surface area contributed by atoms with Gasteiger partial charge in [-0.3, -0.25) is 9.69 Å². The van der Waals surface area contributed by atoms with Gasteiger partial charge in [0.2, 0.25) is 0 Å². The summed E-state index contributed by atoms with van der Waals surface area (Å²) in [5.41, 5.74) is 1.81. The van der Waals surface area contributed by atoms with Gasteiger partial charge >= 0.3 is 5.97 Å². The second-order valence-corrected chi connectivity index (χ2v) is 4.90. The van der Waals surface area contributed by atoms with Crippen LogP contribution < -0.4 is 0 Å². The predicted octanol–water partition coefficient (Wildman–Crippen LogP) is 2.38. The van der Waals surface area contributed by atoms with Crippen molar-refractivity contribution in [1.29, 1.82) is 0 Å². The maximum absolute atomic E-state index is 11.7. The highest BCUT2D eigenvalue weighted by Crippen LogP contribution is 2.17. The first-order valence-corrected chi connectivity index (χ1v) is 5.73. The highest BCUT2D eigenvalue weighted by Gasteiger charge is 2.33. The Kier molecular flexibility index (Phi) is 4.29. The van der Waals surface area contributed by atoms with Crippen molar-refractivity contribution in [2.75, 3.05) is 14.2 Å². The Bertz CT molecular complexity index is 399. The smallest absolute Gasteiger partial charge is 0.325 e. The molecule has 0 aromatic heterocycles. The van der Waals surface area contributed by atoms with Crippen LogP contribution in [-0.4, -0.2) is 30.6 Å². The molecule has 0 spiro atoms. The Morgan fingerprint density at radius 3 is 2.59 bits per heavy atom. The zero-order chi connectivity index (χ0) is 13.1. The Morgan fingerprint density at radius 1 is 1.41 bits per heavy atom. The first-order chi connectivity index (χ1) is 7.87. The van der Waals surface area contributed by atoms with Gasteiger partial charge in [0.05, 0.1) is 7.11 Å². The van der Waals surface area contributed by atoms with Gasteiger partial charge in [-0.2, -0.15) is 0 Å². The number of aryl methyl sites for hydroxylation is 1. The minimum atomic E-state index is -0.613. The molecule has 17 heavy (non-hydrogen) atoms. The number of methoxy groups -OCH3 is 1. The zero-order valence-corrected chi connectivity index (χ0v) is 11.3. The van der Waals surface area contributed by atoms with E-state index in [0.717, 1.165) is 6.54 Å². The molecule has 0 aliphatic heterocycles. The molecule has 1 aromatic rings. The monoisotopic (exact) mass is 235 g/mol. The number of carbonyl (C=O) groups excluding carboxylic acids is 1. The quantitative estimate of drug-likeness (QED) is 0.750. The van der Waals surface area contributed by atoms with Gasteiger partial charge < -0.3 is 4.74 Å². The molecule has 0 saturated heterocycles. The average Bonchev–Trinajstić information content (AvgIpc) is 2.27. The highest BCUT2D eigenvalue weighted by atomic mass is 16.5. The molecule has 0 amide bonds. The van der Waals surface area contributed by atoms with Crippen molar-refractivity contribution in [2.24, 2.45) is 0 Å². The van der Waals surface area contributed by atoms with Crippen LogP contribution in [0.2, 0.25) is 0 Å². The van der Waals surface area contributed by atoms with E-state index < -0.39 is 5.54 Å². The number of nitrogens with zero attached hydrogens (tertiary/aromatic N) is 1. The molecular weight excluding hydrogens is 214 g/mol. The predicted molar refractivity (Wildman–Crippen MR) is 68.7 cm³/mol. The van der Waals surface area contributed by atoms with Gasteiger partial charge in [-0.15, -0.1) is 0 Å². The molecule has 0 unspecified atom stereocenters. The molecule has 0 aliphatic carbocycles. The third-order valence-corrected chi connectivity index (χ3v) is 3.14. The summed E-state index contributed by atoms with van der Waals surface area (Å²) in [5.74, 6) is -0.215. The van der Waals surface area contributed by atoms with Crippen LogP contribution in [0, 0.1) is 6.92 Å². The molecule has 3 nitrogen and oxygen atoms in total. The van der Waals surface area contributed by atoms with Crippen molar-refractivity contribution >= 4 is 5.97 Å². The number of hydrogen-bond donors (Lipinski definition) is 0. The van der Waals surface area contributed by atoms with Crippen molar-refractivity contribution in [3.05, 3.63) is 35.4 Å². The maximum atomic E-state index is 11.7. The average molecular weight is 235 g/mol. The lowest BCUT2D eigenvalue weighted by molar-refractivity contribution is -0.152. The fourth-order valence-corrected chi connectivity index (χ4v) is 1.69. The van der Waals surface area contributed by atoms with Crippen molar-refractivity contribution in [3.8, 4) is 0 Å². The van der Waals surface area contributed by atoms with E-state index in [2.05, 4.69) is 25.1 Å². The Morgan fingerprint density at radius 2 is 2.06 bits per heavy atom. The molecule has 94 valence electrons. The molecule has 1 aromatic carbocycles. The second-order valence-electron chi connectivity index (χ2n) is 4.90. The molecular formula is C14H21NO2. The number of hydrogen-bond acceptors (Lipinski definition) is 3. The lowest BCUT2D eigenvalue weighted by atomic mass is 10.0. The SMILES string of the molecule is COC(=O)C(C)(C)N(C)Cc1cccc(C)c1. The molecule has 0 N–H and O–H groups in total. The summed E-state index contributed by atoms with van der Waals surface area (Å²) in [5, 5.41) is 0. The van der Waals surface area contributed by atoms with E-state index in [0.29, 0.717) is 0 Å². The van der Waals surface area contributed by atoms with E-state index in [1.807, 2.05) is 31.9 Å². The fraction of sp³-hybridized carbons (Fsp3) is 0.500. The molecule has 0 bridgehead atoms. The molecule has 0 radical (unpaired) electrons. The number of likely N-dealkylation sites (N-methyl/N-ethyl adjacent to an activating group) is 1. The highest BCUT2D eigenvalue weighted by molar-refractivity contribution is 5.79. The number of carbonyl (C=O) groups is 1. The van der Waals surface area contributed by atoms with Crippen LogP contribution in [0.25, 0.3) is 0 Å². The van der Waals surface area contributed by atoms with E-state index in [9.17, 15) is 4.79 Å². The minimum Gasteiger partial charge on any atom is -0.468 e. The zero-order valence-electron chi connectivity index (χ0n) is 11.3. The second kappa shape index (κ2) is 5.32. The third-order valence-electron chi connectivity index (χ3n) is 3.14. The number of rotatable bonds is 4. The molecule has 0 heterocycles. The summed E-state index contributed by atoms with van der Waals surface area (Å²) >= 11 is 0. The first-order valence-electron chi connectivity index (χ1n) is 5.73. The number of benzene rings is 1. The lowest BCUT2D eigenvalue weighted by Crippen LogP contribution is -2.48. The fourth-order valence-electron chi connectivity index (χ4n) is 1.69. The molecule has 0 saturated carbocycles. The van der Waals surface area contributed by atoms with Crippen molar-refractivity contribution < 1.29 is 9.53 Å². The van der Waals surface area contributed by atoms with Crippen molar-refractivity contribution in [3.63, 3.8) is 0 Å². The molecule has 0 aliphatic rings. The first kappa shape index (κ1) is 13.7. The van der Waals surface area contributed by atoms with E-state index in [1.54, 1.807) is 0 Å². The Labute approximate surface area is 103 Å². The number of esters is 1. The summed E-state index contributed by atoms with van der Waals surface area (Å²) in [6.07, 6.45) is 0. The number of ether oxygens (including phenoxy) is 1. The Balaban J connectivity index is 2.78. The van der Waals surface area contributed by atoms with Crippen LogP contribution in [0.5, 0.6) is 0 Å². The maximum Gasteiger partial charge on any atom is 0.325 e. The van der Waals surface area contributed by atoms with Crippen LogP contribution in [0.4, 0.5) is 0 Å². The van der Waals surface area contributed by atoms with Gasteiger partial charge in [0.25, 0.3) is 0 Å². The molecule has 1 rings (SSSR count). The molecule has 3 heteroatoms. The van der Waals surface area contributed by atoms with Gasteiger partial charge in [0.15, 0.2) is 0 Å². The van der Waals surface area contributed by atoms with Crippen LogP contribution >= 0.6 is 0 Å². The van der Waals surface area contributed by atoms with Crippen LogP contribution in [-0.2, 0) is 16.1 Å². The van der Waals surface area contributed by atoms with Crippen molar-refractivity contribution in [2.45, 2.75) is 32.9 Å². The summed E-state index contributed by atoms with van der Waals surface area (Å²) in [4.78, 5) is 13.7. The summed E-state index contributed by atoms with van der Waals surface area (Å²) in [6.45, 7) is 6.53. The van der Waals surface area contributed by atoms with Crippen molar-refractivity contribution in [1.82, 2.24) is 4.90 Å². The van der Waals surface area contributed by atoms with Gasteiger partial charge in [0.1, 0.15) is 5.54 Å². The normalized spacial score (nSPS) is 11.6. The van der Waals surface area contributed by atoms with Gasteiger partial charge in [-0.25, -0.2) is 0 Å². The summed E-state index contributed by atoms with van der Waals surface area (Å²) in [6, 6.07) is 8.29. The molecule has 0 atom stereocenters. The summed E-state index contributed by atoms with van der Waals surface area (Å²) < 4.78 is 4.82. The largest absolute Gasteiger partial charge is 0.468 e. The van der Waals surface area contributed by atoms with Gasteiger partial charge in [0, 0.05) is 6.54 Å². The van der Waals surface area contributed by atoms with Crippen LogP contribution in [0.1, 0.15) is 25.0 Å². The van der Waals surface area contributed by atoms with E-state index >= 15 is 0 Å². The van der Waals surface area contributed by atoms with Gasteiger partial charge in [-0.05, 0) is 33.4 Å². The van der Waals surface area contributed by atoms with E-state index in [4.69, 9.17) is 4.74 Å². The third kappa shape index (κ3) is 3.30. The minimum absolute atomic E-state index is 0.215. The lowest BCUT2D eigenvalue weighted by Gasteiger charge is -2.32. The topological polar surface area (TPSA) is 29.5 Å². The van der Waals surface area contributed by atoms with Gasteiger partial charge in [-0.1, -0.05) is 29.8 Å². The van der Waals surface area contributed by atoms with E-state index in [-0.39, 0.29) is 5.97 Å². The molecule has 0 fully saturated rings. The standard InChI is InChI=1S/C14H21NO2/c1-11-7-6-8-12(9-11)10-15(4)14(2,3)13(16)17-5/h6-9H,10H2,1-5H3. The van der Waals surface area contributed by atoms with Crippen LogP contribution in [0.15, 0.2) is 24.3 Å².